The van der Waals surface area contributed by atoms with E-state index in [1.807, 2.05) is 0 Å². The van der Waals surface area contributed by atoms with Crippen molar-refractivity contribution >= 4 is 29.2 Å². The molecule has 7 nitrogen and oxygen atoms in total. The van der Waals surface area contributed by atoms with Crippen LogP contribution in [0.2, 0.25) is 0 Å². The molecule has 5 atom stereocenters. The van der Waals surface area contributed by atoms with Gasteiger partial charge in [-0.15, -0.1) is 0 Å². The molecule has 1 aliphatic heterocycles. The number of hydrogen-bond donors (Lipinski definition) is 2. The Morgan fingerprint density at radius 3 is 2.60 bits per heavy atom. The van der Waals surface area contributed by atoms with E-state index in [1.54, 1.807) is 55.6 Å². The largest absolute Gasteiger partial charge is 0.497 e. The maximum Gasteiger partial charge on any atom is 0.310 e. The number of hydrogen-bond acceptors (Lipinski definition) is 5. The van der Waals surface area contributed by atoms with Crippen LogP contribution in [0.5, 0.6) is 5.75 Å². The van der Waals surface area contributed by atoms with Crippen molar-refractivity contribution in [1.29, 1.82) is 0 Å². The van der Waals surface area contributed by atoms with E-state index in [0.29, 0.717) is 22.7 Å². The van der Waals surface area contributed by atoms with Crippen LogP contribution in [-0.2, 0) is 14.3 Å². The molecule has 30 heavy (non-hydrogen) atoms. The normalized spacial score (nSPS) is 28.2. The van der Waals surface area contributed by atoms with E-state index < -0.39 is 0 Å². The van der Waals surface area contributed by atoms with E-state index >= 15 is 0 Å². The Bertz CT molecular complexity index is 1020. The molecule has 5 rings (SSSR count). The van der Waals surface area contributed by atoms with Gasteiger partial charge in [0.05, 0.1) is 18.9 Å². The molecule has 0 radical (unpaired) electrons. The first kappa shape index (κ1) is 18.7. The first-order valence-electron chi connectivity index (χ1n) is 10.1. The molecule has 2 N–H and O–H groups in total. The molecule has 2 saturated carbocycles. The fourth-order valence-corrected chi connectivity index (χ4v) is 5.20. The fraction of sp³-hybridized carbons (Fsp3) is 0.348. The van der Waals surface area contributed by atoms with Gasteiger partial charge in [-0.1, -0.05) is 6.07 Å². The molecule has 3 aliphatic rings. The molecule has 2 bridgehead atoms. The highest BCUT2D eigenvalue weighted by atomic mass is 16.6. The second-order valence-electron chi connectivity index (χ2n) is 8.17. The van der Waals surface area contributed by atoms with Crippen molar-refractivity contribution in [3.63, 3.8) is 0 Å². The Balaban J connectivity index is 1.27. The predicted molar refractivity (Wildman–Crippen MR) is 109 cm³/mol. The number of carbonyl (C=O) groups excluding carboxylic acids is 3. The Hall–Kier alpha value is -3.35. The number of amides is 2. The predicted octanol–water partition coefficient (Wildman–Crippen LogP) is 3.08. The van der Waals surface area contributed by atoms with Crippen LogP contribution in [0.4, 0.5) is 11.4 Å². The summed E-state index contributed by atoms with van der Waals surface area (Å²) >= 11 is 0. The molecule has 0 spiro atoms. The highest BCUT2D eigenvalue weighted by Gasteiger charge is 2.63. The number of anilines is 2. The van der Waals surface area contributed by atoms with Crippen LogP contribution in [0.1, 0.15) is 23.2 Å². The first-order chi connectivity index (χ1) is 14.5. The van der Waals surface area contributed by atoms with Crippen molar-refractivity contribution in [3.8, 4) is 5.75 Å². The van der Waals surface area contributed by atoms with Crippen LogP contribution >= 0.6 is 0 Å². The number of rotatable bonds is 5. The monoisotopic (exact) mass is 406 g/mol. The van der Waals surface area contributed by atoms with Crippen LogP contribution in [-0.4, -0.2) is 31.0 Å². The molecule has 0 aromatic heterocycles. The molecule has 2 amide bonds. The smallest absolute Gasteiger partial charge is 0.310 e. The van der Waals surface area contributed by atoms with E-state index in [4.69, 9.17) is 9.47 Å². The van der Waals surface area contributed by atoms with Crippen molar-refractivity contribution in [1.82, 2.24) is 0 Å². The molecule has 1 saturated heterocycles. The van der Waals surface area contributed by atoms with Crippen molar-refractivity contribution in [2.75, 3.05) is 17.7 Å². The summed E-state index contributed by atoms with van der Waals surface area (Å²) in [4.78, 5) is 37.7. The molecule has 7 heteroatoms. The van der Waals surface area contributed by atoms with Crippen LogP contribution in [0.25, 0.3) is 0 Å². The number of methoxy groups -OCH3 is 1. The molecule has 2 aromatic carbocycles. The molecule has 1 heterocycles. The maximum absolute atomic E-state index is 12.9. The maximum atomic E-state index is 12.9. The second kappa shape index (κ2) is 7.16. The molecule has 2 aromatic rings. The average Bonchev–Trinajstić information content (AvgIpc) is 3.37. The zero-order valence-electron chi connectivity index (χ0n) is 16.5. The lowest BCUT2D eigenvalue weighted by Crippen LogP contribution is -2.35. The van der Waals surface area contributed by atoms with Gasteiger partial charge in [0.25, 0.3) is 5.91 Å². The highest BCUT2D eigenvalue weighted by molar-refractivity contribution is 6.05. The minimum absolute atomic E-state index is 0.00142. The Labute approximate surface area is 173 Å². The van der Waals surface area contributed by atoms with Crippen molar-refractivity contribution in [2.45, 2.75) is 18.9 Å². The van der Waals surface area contributed by atoms with Gasteiger partial charge in [-0.2, -0.15) is 0 Å². The summed E-state index contributed by atoms with van der Waals surface area (Å²) in [5.74, 6) is -0.282. The summed E-state index contributed by atoms with van der Waals surface area (Å²) in [6, 6.07) is 13.8. The molecule has 2 aliphatic carbocycles. The summed E-state index contributed by atoms with van der Waals surface area (Å²) in [7, 11) is 1.58. The topological polar surface area (TPSA) is 93.7 Å². The lowest BCUT2D eigenvalue weighted by Gasteiger charge is -2.23. The summed E-state index contributed by atoms with van der Waals surface area (Å²) < 4.78 is 10.5. The van der Waals surface area contributed by atoms with Crippen molar-refractivity contribution in [2.24, 2.45) is 23.7 Å². The van der Waals surface area contributed by atoms with Gasteiger partial charge >= 0.3 is 5.97 Å². The Kier molecular flexibility index (Phi) is 4.46. The summed E-state index contributed by atoms with van der Waals surface area (Å²) in [6.07, 6.45) is 1.65. The van der Waals surface area contributed by atoms with Crippen LogP contribution < -0.4 is 15.4 Å². The zero-order valence-corrected chi connectivity index (χ0v) is 16.5. The van der Waals surface area contributed by atoms with Gasteiger partial charge in [0, 0.05) is 22.9 Å². The van der Waals surface area contributed by atoms with Crippen molar-refractivity contribution < 1.29 is 23.9 Å². The summed E-state index contributed by atoms with van der Waals surface area (Å²) in [5.41, 5.74) is 1.61. The van der Waals surface area contributed by atoms with Gasteiger partial charge in [-0.05, 0) is 61.2 Å². The Morgan fingerprint density at radius 1 is 1.03 bits per heavy atom. The Morgan fingerprint density at radius 2 is 1.83 bits per heavy atom. The minimum Gasteiger partial charge on any atom is -0.497 e. The van der Waals surface area contributed by atoms with Crippen LogP contribution in [0, 0.1) is 23.7 Å². The number of fused-ring (bicyclic) bond motifs is 1. The lowest BCUT2D eigenvalue weighted by molar-refractivity contribution is -0.145. The van der Waals surface area contributed by atoms with E-state index in [1.165, 1.54) is 0 Å². The molecule has 3 fully saturated rings. The zero-order chi connectivity index (χ0) is 20.8. The van der Waals surface area contributed by atoms with E-state index in [2.05, 4.69) is 10.6 Å². The van der Waals surface area contributed by atoms with Gasteiger partial charge in [0.2, 0.25) is 5.91 Å². The quantitative estimate of drug-likeness (QED) is 0.745. The minimum atomic E-state index is -0.349. The standard InChI is InChI=1S/C23H22N2O5/c1-29-16-7-5-14(6-8-16)24-21(26)12-3-2-4-15(9-12)25-22(27)19-13-10-17-18(11-13)30-23(28)20(17)19/h2-9,13,17-20H,10-11H2,1H3,(H,24,26)(H,25,27)/t13-,17+,18-,19-,20-/m1/s1. The van der Waals surface area contributed by atoms with Gasteiger partial charge in [-0.3, -0.25) is 14.4 Å². The third kappa shape index (κ3) is 3.10. The van der Waals surface area contributed by atoms with Gasteiger partial charge in [-0.25, -0.2) is 0 Å². The van der Waals surface area contributed by atoms with E-state index in [0.717, 1.165) is 12.8 Å². The number of ether oxygens (including phenoxy) is 2. The summed E-state index contributed by atoms with van der Waals surface area (Å²) in [6.45, 7) is 0. The number of carbonyl (C=O) groups is 3. The third-order valence-electron chi connectivity index (χ3n) is 6.53. The van der Waals surface area contributed by atoms with Crippen LogP contribution in [0.3, 0.4) is 0 Å². The lowest BCUT2D eigenvalue weighted by atomic mass is 9.79. The highest BCUT2D eigenvalue weighted by Crippen LogP contribution is 2.57. The first-order valence-corrected chi connectivity index (χ1v) is 10.1. The van der Waals surface area contributed by atoms with E-state index in [-0.39, 0.29) is 47.6 Å². The van der Waals surface area contributed by atoms with E-state index in [9.17, 15) is 14.4 Å². The number of esters is 1. The number of benzene rings is 2. The van der Waals surface area contributed by atoms with Gasteiger partial charge in [0.1, 0.15) is 11.9 Å². The van der Waals surface area contributed by atoms with Crippen LogP contribution in [0.15, 0.2) is 48.5 Å². The number of nitrogens with one attached hydrogen (secondary N) is 2. The second-order valence-corrected chi connectivity index (χ2v) is 8.17. The van der Waals surface area contributed by atoms with Gasteiger partial charge in [0.15, 0.2) is 0 Å². The van der Waals surface area contributed by atoms with Crippen molar-refractivity contribution in [3.05, 3.63) is 54.1 Å². The SMILES string of the molecule is COc1ccc(NC(=O)c2cccc(NC(=O)[C@@H]3[C@@H]4C[C@@H]5[C@H]3C(=O)O[C@@H]5C4)c2)cc1. The summed E-state index contributed by atoms with van der Waals surface area (Å²) in [5, 5.41) is 5.73. The molecular weight excluding hydrogens is 384 g/mol. The molecule has 0 unspecified atom stereocenters. The fourth-order valence-electron chi connectivity index (χ4n) is 5.20. The molecular formula is C23H22N2O5. The third-order valence-corrected chi connectivity index (χ3v) is 6.53. The average molecular weight is 406 g/mol. The van der Waals surface area contributed by atoms with Gasteiger partial charge < -0.3 is 20.1 Å². The molecule has 154 valence electrons.